The molecule has 2 rings (SSSR count). The van der Waals surface area contributed by atoms with Crippen molar-refractivity contribution in [2.75, 3.05) is 14.2 Å². The van der Waals surface area contributed by atoms with E-state index in [4.69, 9.17) is 4.74 Å². The molecular weight excluding hydrogens is 240 g/mol. The van der Waals surface area contributed by atoms with E-state index < -0.39 is 0 Å². The van der Waals surface area contributed by atoms with E-state index in [1.807, 2.05) is 42.5 Å². The number of hydrogen-bond donors (Lipinski definition) is 1. The van der Waals surface area contributed by atoms with Gasteiger partial charge < -0.3 is 9.84 Å². The molecule has 0 amide bonds. The smallest absolute Gasteiger partial charge is 0.119 e. The third kappa shape index (κ3) is 3.70. The zero-order chi connectivity index (χ0) is 13.7. The molecule has 1 aliphatic rings. The molecule has 0 bridgehead atoms. The maximum Gasteiger partial charge on any atom is 0.119 e. The van der Waals surface area contributed by atoms with Crippen LogP contribution in [0.15, 0.2) is 29.4 Å². The first-order chi connectivity index (χ1) is 9.20. The van der Waals surface area contributed by atoms with Crippen LogP contribution in [0.2, 0.25) is 0 Å². The summed E-state index contributed by atoms with van der Waals surface area (Å²) in [6.07, 6.45) is 5.72. The molecule has 0 radical (unpaired) electrons. The van der Waals surface area contributed by atoms with Crippen molar-refractivity contribution in [3.8, 4) is 5.75 Å². The van der Waals surface area contributed by atoms with Gasteiger partial charge in [-0.05, 0) is 30.5 Å². The van der Waals surface area contributed by atoms with Crippen molar-refractivity contribution in [1.29, 1.82) is 0 Å². The first-order valence-corrected chi connectivity index (χ1v) is 6.79. The van der Waals surface area contributed by atoms with E-state index in [9.17, 15) is 5.11 Å². The van der Waals surface area contributed by atoms with Crippen LogP contribution in [0.1, 0.15) is 31.2 Å². The lowest BCUT2D eigenvalue weighted by Gasteiger charge is -2.33. The topological polar surface area (TPSA) is 45.1 Å². The summed E-state index contributed by atoms with van der Waals surface area (Å²) in [7, 11) is 3.58. The summed E-state index contributed by atoms with van der Waals surface area (Å²) in [4.78, 5) is 0. The van der Waals surface area contributed by atoms with E-state index in [-0.39, 0.29) is 12.1 Å². The average Bonchev–Trinajstić information content (AvgIpc) is 2.45. The molecule has 0 aromatic heterocycles. The summed E-state index contributed by atoms with van der Waals surface area (Å²) in [6, 6.07) is 7.91. The number of hydrazone groups is 1. The molecule has 1 aliphatic carbocycles. The van der Waals surface area contributed by atoms with Gasteiger partial charge in [-0.1, -0.05) is 25.0 Å². The molecule has 1 N–H and O–H groups in total. The Kier molecular flexibility index (Phi) is 4.80. The second-order valence-electron chi connectivity index (χ2n) is 5.01. The summed E-state index contributed by atoms with van der Waals surface area (Å²) in [5.74, 6) is 0.823. The van der Waals surface area contributed by atoms with Gasteiger partial charge in [0.1, 0.15) is 5.75 Å². The fourth-order valence-electron chi connectivity index (χ4n) is 2.49. The Morgan fingerprint density at radius 2 is 2.16 bits per heavy atom. The normalized spacial score (nSPS) is 23.5. The minimum atomic E-state index is -0.263. The van der Waals surface area contributed by atoms with Crippen LogP contribution in [-0.2, 0) is 0 Å². The minimum Gasteiger partial charge on any atom is -0.497 e. The molecule has 0 aliphatic heterocycles. The van der Waals surface area contributed by atoms with Crippen molar-refractivity contribution in [2.24, 2.45) is 5.10 Å². The maximum absolute atomic E-state index is 9.98. The monoisotopic (exact) mass is 262 g/mol. The van der Waals surface area contributed by atoms with Crippen molar-refractivity contribution >= 4 is 6.21 Å². The molecule has 0 unspecified atom stereocenters. The molecule has 1 saturated carbocycles. The number of aliphatic hydroxyl groups excluding tert-OH is 1. The Morgan fingerprint density at radius 1 is 1.37 bits per heavy atom. The van der Waals surface area contributed by atoms with E-state index in [2.05, 4.69) is 5.10 Å². The Labute approximate surface area is 114 Å². The second kappa shape index (κ2) is 6.57. The number of ether oxygens (including phenoxy) is 1. The largest absolute Gasteiger partial charge is 0.497 e. The third-order valence-electron chi connectivity index (χ3n) is 3.66. The molecule has 0 spiro atoms. The molecule has 0 heterocycles. The van der Waals surface area contributed by atoms with Gasteiger partial charge >= 0.3 is 0 Å². The van der Waals surface area contributed by atoms with Crippen LogP contribution in [-0.4, -0.2) is 42.6 Å². The van der Waals surface area contributed by atoms with Crippen LogP contribution in [0.3, 0.4) is 0 Å². The molecule has 0 saturated heterocycles. The third-order valence-corrected chi connectivity index (χ3v) is 3.66. The highest BCUT2D eigenvalue weighted by Crippen LogP contribution is 2.22. The molecule has 104 valence electrons. The minimum absolute atomic E-state index is 0.135. The van der Waals surface area contributed by atoms with Gasteiger partial charge in [0.05, 0.1) is 25.5 Å². The number of aliphatic hydroxyl groups is 1. The first kappa shape index (κ1) is 13.9. The predicted molar refractivity (Wildman–Crippen MR) is 76.6 cm³/mol. The van der Waals surface area contributed by atoms with Crippen molar-refractivity contribution in [3.63, 3.8) is 0 Å². The highest BCUT2D eigenvalue weighted by molar-refractivity contribution is 5.79. The number of likely N-dealkylation sites (N-methyl/N-ethyl adjacent to an activating group) is 1. The Morgan fingerprint density at radius 3 is 2.89 bits per heavy atom. The second-order valence-corrected chi connectivity index (χ2v) is 5.01. The van der Waals surface area contributed by atoms with Gasteiger partial charge in [0.25, 0.3) is 0 Å². The van der Waals surface area contributed by atoms with Crippen LogP contribution in [0.25, 0.3) is 0 Å². The van der Waals surface area contributed by atoms with E-state index in [0.29, 0.717) is 0 Å². The lowest BCUT2D eigenvalue weighted by atomic mass is 9.92. The standard InChI is InChI=1S/C15H22N2O2/c1-17(14-8-3-4-9-15(14)18)16-11-12-6-5-7-13(10-12)19-2/h5-7,10-11,14-15,18H,3-4,8-9H2,1-2H3/b16-11+/t14-,15-/m0/s1. The van der Waals surface area contributed by atoms with E-state index >= 15 is 0 Å². The average molecular weight is 262 g/mol. The Hall–Kier alpha value is -1.55. The van der Waals surface area contributed by atoms with Gasteiger partial charge in [0.15, 0.2) is 0 Å². The summed E-state index contributed by atoms with van der Waals surface area (Å²) >= 11 is 0. The maximum atomic E-state index is 9.98. The fourth-order valence-corrected chi connectivity index (χ4v) is 2.49. The van der Waals surface area contributed by atoms with Gasteiger partial charge in [0, 0.05) is 7.05 Å². The summed E-state index contributed by atoms with van der Waals surface area (Å²) in [6.45, 7) is 0. The number of hydrogen-bond acceptors (Lipinski definition) is 4. The highest BCUT2D eigenvalue weighted by Gasteiger charge is 2.25. The van der Waals surface area contributed by atoms with Gasteiger partial charge in [-0.25, -0.2) is 0 Å². The zero-order valence-corrected chi connectivity index (χ0v) is 11.6. The van der Waals surface area contributed by atoms with E-state index in [1.54, 1.807) is 7.11 Å². The number of rotatable bonds is 4. The molecule has 19 heavy (non-hydrogen) atoms. The quantitative estimate of drug-likeness (QED) is 0.668. The van der Waals surface area contributed by atoms with Crippen LogP contribution >= 0.6 is 0 Å². The van der Waals surface area contributed by atoms with Crippen LogP contribution in [0.4, 0.5) is 0 Å². The fraction of sp³-hybridized carbons (Fsp3) is 0.533. The first-order valence-electron chi connectivity index (χ1n) is 6.79. The highest BCUT2D eigenvalue weighted by atomic mass is 16.5. The van der Waals surface area contributed by atoms with Crippen molar-refractivity contribution in [3.05, 3.63) is 29.8 Å². The van der Waals surface area contributed by atoms with Gasteiger partial charge in [-0.15, -0.1) is 0 Å². The molecule has 4 heteroatoms. The van der Waals surface area contributed by atoms with Crippen molar-refractivity contribution in [2.45, 2.75) is 37.8 Å². The number of benzene rings is 1. The lowest BCUT2D eigenvalue weighted by Crippen LogP contribution is -2.40. The predicted octanol–water partition coefficient (Wildman–Crippen LogP) is 2.26. The van der Waals surface area contributed by atoms with Crippen molar-refractivity contribution in [1.82, 2.24) is 5.01 Å². The van der Waals surface area contributed by atoms with E-state index in [0.717, 1.165) is 30.6 Å². The molecular formula is C15H22N2O2. The Balaban J connectivity index is 2.00. The van der Waals surface area contributed by atoms with Crippen LogP contribution in [0.5, 0.6) is 5.75 Å². The zero-order valence-electron chi connectivity index (χ0n) is 11.6. The lowest BCUT2D eigenvalue weighted by molar-refractivity contribution is 0.0338. The molecule has 2 atom stereocenters. The summed E-state index contributed by atoms with van der Waals surface area (Å²) in [5.41, 5.74) is 0.997. The van der Waals surface area contributed by atoms with Crippen LogP contribution in [0, 0.1) is 0 Å². The van der Waals surface area contributed by atoms with Gasteiger partial charge in [0.2, 0.25) is 0 Å². The van der Waals surface area contributed by atoms with Crippen LogP contribution < -0.4 is 4.74 Å². The SMILES string of the molecule is COc1cccc(/C=N/N(C)[C@H]2CCCC[C@@H]2O)c1. The molecule has 1 aromatic carbocycles. The van der Waals surface area contributed by atoms with E-state index in [1.165, 1.54) is 6.42 Å². The molecule has 4 nitrogen and oxygen atoms in total. The van der Waals surface area contributed by atoms with Gasteiger partial charge in [-0.3, -0.25) is 5.01 Å². The molecule has 1 fully saturated rings. The summed E-state index contributed by atoms with van der Waals surface area (Å²) < 4.78 is 5.18. The van der Waals surface area contributed by atoms with Crippen molar-refractivity contribution < 1.29 is 9.84 Å². The summed E-state index contributed by atoms with van der Waals surface area (Å²) in [5, 5.41) is 16.3. The molecule has 1 aromatic rings. The number of methoxy groups -OCH3 is 1. The number of nitrogens with zero attached hydrogens (tertiary/aromatic N) is 2. The van der Waals surface area contributed by atoms with Gasteiger partial charge in [-0.2, -0.15) is 5.10 Å². The Bertz CT molecular complexity index is 434.